The lowest BCUT2D eigenvalue weighted by atomic mass is 9.74. The van der Waals surface area contributed by atoms with E-state index in [0.717, 1.165) is 39.0 Å². The minimum atomic E-state index is -3.51. The summed E-state index contributed by atoms with van der Waals surface area (Å²) in [5, 5.41) is 3.63. The van der Waals surface area contributed by atoms with E-state index in [1.165, 1.54) is 11.3 Å². The SMILES string of the molecule is CC1(C)CC(=O)c2c(S(C)(=O)=O)sc(-c3nc(-c4cc5ccccc5o4)cs3)c2C1. The van der Waals surface area contributed by atoms with Gasteiger partial charge >= 0.3 is 0 Å². The minimum Gasteiger partial charge on any atom is -0.454 e. The van der Waals surface area contributed by atoms with Gasteiger partial charge in [0.15, 0.2) is 21.4 Å². The Morgan fingerprint density at radius 1 is 1.17 bits per heavy atom. The van der Waals surface area contributed by atoms with Crippen LogP contribution in [-0.4, -0.2) is 25.4 Å². The van der Waals surface area contributed by atoms with Gasteiger partial charge in [-0.25, -0.2) is 13.4 Å². The van der Waals surface area contributed by atoms with E-state index in [4.69, 9.17) is 9.40 Å². The number of benzene rings is 1. The number of thiazole rings is 1. The largest absolute Gasteiger partial charge is 0.454 e. The van der Waals surface area contributed by atoms with E-state index in [1.807, 2.05) is 49.6 Å². The smallest absolute Gasteiger partial charge is 0.185 e. The number of Topliss-reactive ketones (excluding diaryl/α,β-unsaturated/α-hetero) is 1. The van der Waals surface area contributed by atoms with E-state index in [-0.39, 0.29) is 15.4 Å². The van der Waals surface area contributed by atoms with Crippen LogP contribution in [0.25, 0.3) is 32.3 Å². The van der Waals surface area contributed by atoms with E-state index < -0.39 is 9.84 Å². The fraction of sp³-hybridized carbons (Fsp3) is 0.273. The molecule has 1 aromatic carbocycles. The highest BCUT2D eigenvalue weighted by Gasteiger charge is 2.39. The molecule has 0 amide bonds. The Morgan fingerprint density at radius 3 is 2.67 bits per heavy atom. The molecule has 0 aliphatic heterocycles. The normalized spacial score (nSPS) is 16.2. The highest BCUT2D eigenvalue weighted by Crippen LogP contribution is 2.48. The number of furan rings is 1. The van der Waals surface area contributed by atoms with Gasteiger partial charge in [-0.1, -0.05) is 32.0 Å². The van der Waals surface area contributed by atoms with Crippen LogP contribution in [0.2, 0.25) is 0 Å². The molecule has 5 rings (SSSR count). The number of thiophene rings is 1. The number of aromatic nitrogens is 1. The van der Waals surface area contributed by atoms with Crippen molar-refractivity contribution in [3.05, 3.63) is 46.8 Å². The van der Waals surface area contributed by atoms with Crippen molar-refractivity contribution >= 4 is 49.3 Å². The number of sulfone groups is 1. The highest BCUT2D eigenvalue weighted by atomic mass is 32.2. The van der Waals surface area contributed by atoms with E-state index in [0.29, 0.717) is 34.9 Å². The minimum absolute atomic E-state index is 0.0989. The zero-order chi connectivity index (χ0) is 21.3. The topological polar surface area (TPSA) is 77.2 Å². The van der Waals surface area contributed by atoms with Crippen molar-refractivity contribution in [2.45, 2.75) is 30.9 Å². The molecule has 0 saturated heterocycles. The predicted molar refractivity (Wildman–Crippen MR) is 120 cm³/mol. The van der Waals surface area contributed by atoms with Crippen LogP contribution in [-0.2, 0) is 16.3 Å². The molecule has 3 aromatic heterocycles. The standard InChI is InChI=1S/C22H19NO4S3/c1-22(2)9-13-18(15(24)10-22)21(30(3,25)26)29-19(13)20-23-14(11-28-20)17-8-12-6-4-5-7-16(12)27-17/h4-8,11H,9-10H2,1-3H3. The van der Waals surface area contributed by atoms with E-state index in [9.17, 15) is 13.2 Å². The highest BCUT2D eigenvalue weighted by molar-refractivity contribution is 7.93. The molecule has 0 radical (unpaired) electrons. The van der Waals surface area contributed by atoms with Crippen LogP contribution >= 0.6 is 22.7 Å². The van der Waals surface area contributed by atoms with Gasteiger partial charge in [0.2, 0.25) is 0 Å². The van der Waals surface area contributed by atoms with Crippen LogP contribution in [0.3, 0.4) is 0 Å². The summed E-state index contributed by atoms with van der Waals surface area (Å²) in [4.78, 5) is 18.4. The average Bonchev–Trinajstić information content (AvgIpc) is 3.35. The van der Waals surface area contributed by atoms with E-state index >= 15 is 0 Å². The molecule has 0 bridgehead atoms. The molecule has 0 saturated carbocycles. The second-order valence-electron chi connectivity index (χ2n) is 8.47. The van der Waals surface area contributed by atoms with Crippen LogP contribution in [0.5, 0.6) is 0 Å². The van der Waals surface area contributed by atoms with Crippen LogP contribution in [0.1, 0.15) is 36.2 Å². The van der Waals surface area contributed by atoms with Crippen molar-refractivity contribution in [3.8, 4) is 21.3 Å². The lowest BCUT2D eigenvalue weighted by Crippen LogP contribution is -2.27. The number of rotatable bonds is 3. The summed E-state index contributed by atoms with van der Waals surface area (Å²) in [7, 11) is -3.51. The van der Waals surface area contributed by atoms with Crippen LogP contribution in [0.4, 0.5) is 0 Å². The summed E-state index contributed by atoms with van der Waals surface area (Å²) in [6.07, 6.45) is 2.16. The number of ketones is 1. The van der Waals surface area contributed by atoms with Gasteiger partial charge in [-0.15, -0.1) is 22.7 Å². The number of nitrogens with zero attached hydrogens (tertiary/aromatic N) is 1. The molecule has 4 aromatic rings. The zero-order valence-electron chi connectivity index (χ0n) is 16.7. The van der Waals surface area contributed by atoms with Gasteiger partial charge in [0, 0.05) is 23.4 Å². The molecule has 0 N–H and O–H groups in total. The summed E-state index contributed by atoms with van der Waals surface area (Å²) in [6, 6.07) is 9.72. The summed E-state index contributed by atoms with van der Waals surface area (Å²) in [6.45, 7) is 4.08. The molecule has 3 heterocycles. The van der Waals surface area contributed by atoms with Crippen molar-refractivity contribution in [1.29, 1.82) is 0 Å². The molecule has 5 nitrogen and oxygen atoms in total. The number of hydrogen-bond acceptors (Lipinski definition) is 7. The maximum atomic E-state index is 12.8. The molecule has 1 aliphatic rings. The monoisotopic (exact) mass is 457 g/mol. The molecule has 154 valence electrons. The number of para-hydroxylation sites is 1. The van der Waals surface area contributed by atoms with Crippen molar-refractivity contribution < 1.29 is 17.6 Å². The average molecular weight is 458 g/mol. The number of fused-ring (bicyclic) bond motifs is 2. The first-order valence-electron chi connectivity index (χ1n) is 9.46. The van der Waals surface area contributed by atoms with Gasteiger partial charge in [0.05, 0.1) is 10.4 Å². The van der Waals surface area contributed by atoms with E-state index in [1.54, 1.807) is 0 Å². The molecule has 0 unspecified atom stereocenters. The molecule has 0 atom stereocenters. The maximum absolute atomic E-state index is 12.8. The third kappa shape index (κ3) is 3.23. The molecule has 0 spiro atoms. The van der Waals surface area contributed by atoms with Crippen LogP contribution in [0, 0.1) is 5.41 Å². The fourth-order valence-electron chi connectivity index (χ4n) is 3.99. The third-order valence-electron chi connectivity index (χ3n) is 5.26. The first-order valence-corrected chi connectivity index (χ1v) is 13.0. The van der Waals surface area contributed by atoms with Crippen molar-refractivity contribution in [1.82, 2.24) is 4.98 Å². The summed E-state index contributed by atoms with van der Waals surface area (Å²) in [5.41, 5.74) is 2.47. The van der Waals surface area contributed by atoms with Gasteiger partial charge in [0.1, 0.15) is 20.5 Å². The fourth-order valence-corrected chi connectivity index (χ4v) is 7.45. The van der Waals surface area contributed by atoms with Crippen molar-refractivity contribution in [2.75, 3.05) is 6.26 Å². The molecule has 0 fully saturated rings. The third-order valence-corrected chi connectivity index (χ3v) is 9.32. The molecular weight excluding hydrogens is 438 g/mol. The maximum Gasteiger partial charge on any atom is 0.185 e. The molecular formula is C22H19NO4S3. The Bertz CT molecular complexity index is 1390. The summed E-state index contributed by atoms with van der Waals surface area (Å²) in [5.74, 6) is 0.571. The van der Waals surface area contributed by atoms with Crippen LogP contribution < -0.4 is 0 Å². The lowest BCUT2D eigenvalue weighted by Gasteiger charge is -2.29. The van der Waals surface area contributed by atoms with Gasteiger partial charge in [-0.05, 0) is 29.5 Å². The number of carbonyl (C=O) groups excluding carboxylic acids is 1. The molecule has 8 heteroatoms. The Morgan fingerprint density at radius 2 is 1.93 bits per heavy atom. The Labute approximate surface area is 182 Å². The summed E-state index contributed by atoms with van der Waals surface area (Å²) < 4.78 is 30.9. The molecule has 30 heavy (non-hydrogen) atoms. The quantitative estimate of drug-likeness (QED) is 0.386. The lowest BCUT2D eigenvalue weighted by molar-refractivity contribution is 0.0910. The molecule has 1 aliphatic carbocycles. The predicted octanol–water partition coefficient (Wildman–Crippen LogP) is 5.84. The zero-order valence-corrected chi connectivity index (χ0v) is 19.1. The Balaban J connectivity index is 1.66. The van der Waals surface area contributed by atoms with Gasteiger partial charge in [0.25, 0.3) is 0 Å². The second-order valence-corrected chi connectivity index (χ2v) is 12.6. The van der Waals surface area contributed by atoms with Crippen LogP contribution in [0.15, 0.2) is 44.3 Å². The van der Waals surface area contributed by atoms with Gasteiger partial charge in [-0.2, -0.15) is 0 Å². The first-order chi connectivity index (χ1) is 14.1. The second kappa shape index (κ2) is 6.60. The number of hydrogen-bond donors (Lipinski definition) is 0. The van der Waals surface area contributed by atoms with Crippen molar-refractivity contribution in [3.63, 3.8) is 0 Å². The van der Waals surface area contributed by atoms with Gasteiger partial charge < -0.3 is 4.42 Å². The van der Waals surface area contributed by atoms with E-state index in [2.05, 4.69) is 0 Å². The summed E-state index contributed by atoms with van der Waals surface area (Å²) >= 11 is 2.60. The van der Waals surface area contributed by atoms with Crippen molar-refractivity contribution in [2.24, 2.45) is 5.41 Å². The Kier molecular flexibility index (Phi) is 4.33. The number of carbonyl (C=O) groups is 1. The Hall–Kier alpha value is -2.29. The first kappa shape index (κ1) is 19.7. The van der Waals surface area contributed by atoms with Gasteiger partial charge in [-0.3, -0.25) is 4.79 Å².